The number of fused-ring (bicyclic) bond motifs is 1. The van der Waals surface area contributed by atoms with Gasteiger partial charge in [0.25, 0.3) is 0 Å². The number of hydrogen-bond acceptors (Lipinski definition) is 1. The van der Waals surface area contributed by atoms with Crippen LogP contribution >= 0.6 is 0 Å². The minimum absolute atomic E-state index is 0.212. The van der Waals surface area contributed by atoms with Gasteiger partial charge in [0.2, 0.25) is 0 Å². The summed E-state index contributed by atoms with van der Waals surface area (Å²) in [4.78, 5) is 0. The maximum atomic E-state index is 12.9. The van der Waals surface area contributed by atoms with Gasteiger partial charge in [-0.15, -0.1) is 0 Å². The van der Waals surface area contributed by atoms with E-state index in [-0.39, 0.29) is 5.82 Å². The van der Waals surface area contributed by atoms with Gasteiger partial charge in [-0.3, -0.25) is 0 Å². The van der Waals surface area contributed by atoms with E-state index in [1.807, 2.05) is 0 Å². The monoisotopic (exact) mass is 178 g/mol. The molecule has 1 heterocycles. The first-order chi connectivity index (χ1) is 6.18. The Morgan fingerprint density at radius 3 is 2.77 bits per heavy atom. The lowest BCUT2D eigenvalue weighted by Crippen LogP contribution is -1.84. The van der Waals surface area contributed by atoms with E-state index in [1.165, 1.54) is 12.1 Å². The Morgan fingerprint density at radius 1 is 1.31 bits per heavy atom. The van der Waals surface area contributed by atoms with Crippen LogP contribution in [0.15, 0.2) is 28.9 Å². The third-order valence-electron chi connectivity index (χ3n) is 2.19. The van der Waals surface area contributed by atoms with Gasteiger partial charge in [-0.05, 0) is 24.1 Å². The van der Waals surface area contributed by atoms with Gasteiger partial charge in [-0.1, -0.05) is 13.8 Å². The van der Waals surface area contributed by atoms with Crippen LogP contribution in [0.25, 0.3) is 11.0 Å². The summed E-state index contributed by atoms with van der Waals surface area (Å²) in [5.74, 6) is 0.152. The molecule has 0 unspecified atom stereocenters. The molecule has 0 amide bonds. The molecule has 0 aliphatic heterocycles. The first kappa shape index (κ1) is 8.30. The Kier molecular flexibility index (Phi) is 1.83. The van der Waals surface area contributed by atoms with Crippen molar-refractivity contribution in [3.05, 3.63) is 35.8 Å². The largest absolute Gasteiger partial charge is 0.464 e. The van der Waals surface area contributed by atoms with Gasteiger partial charge in [0.15, 0.2) is 0 Å². The van der Waals surface area contributed by atoms with E-state index in [4.69, 9.17) is 4.42 Å². The summed E-state index contributed by atoms with van der Waals surface area (Å²) in [6.45, 7) is 4.13. The van der Waals surface area contributed by atoms with Gasteiger partial charge in [-0.2, -0.15) is 0 Å². The first-order valence-corrected chi connectivity index (χ1v) is 4.35. The van der Waals surface area contributed by atoms with E-state index in [2.05, 4.69) is 13.8 Å². The zero-order valence-electron chi connectivity index (χ0n) is 7.67. The average Bonchev–Trinajstić information content (AvgIpc) is 2.46. The predicted molar refractivity (Wildman–Crippen MR) is 50.3 cm³/mol. The molecule has 0 fully saturated rings. The van der Waals surface area contributed by atoms with E-state index < -0.39 is 0 Å². The van der Waals surface area contributed by atoms with Gasteiger partial charge in [0.05, 0.1) is 6.26 Å². The van der Waals surface area contributed by atoms with Gasteiger partial charge in [0.1, 0.15) is 11.4 Å². The van der Waals surface area contributed by atoms with Crippen LogP contribution in [-0.4, -0.2) is 0 Å². The van der Waals surface area contributed by atoms with Gasteiger partial charge in [-0.25, -0.2) is 4.39 Å². The SMILES string of the molecule is CC(C)c1coc2ccc(F)cc12. The second-order valence-electron chi connectivity index (χ2n) is 3.49. The van der Waals surface area contributed by atoms with Crippen LogP contribution < -0.4 is 0 Å². The van der Waals surface area contributed by atoms with Crippen molar-refractivity contribution in [3.8, 4) is 0 Å². The highest BCUT2D eigenvalue weighted by molar-refractivity contribution is 5.81. The molecule has 0 atom stereocenters. The van der Waals surface area contributed by atoms with Gasteiger partial charge >= 0.3 is 0 Å². The zero-order valence-corrected chi connectivity index (χ0v) is 7.67. The Balaban J connectivity index is 2.71. The van der Waals surface area contributed by atoms with Crippen molar-refractivity contribution in [1.82, 2.24) is 0 Å². The van der Waals surface area contributed by atoms with Crippen molar-refractivity contribution in [1.29, 1.82) is 0 Å². The summed E-state index contributed by atoms with van der Waals surface area (Å²) in [6, 6.07) is 4.60. The lowest BCUT2D eigenvalue weighted by atomic mass is 10.0. The summed E-state index contributed by atoms with van der Waals surface area (Å²) >= 11 is 0. The third-order valence-corrected chi connectivity index (χ3v) is 2.19. The molecule has 2 heteroatoms. The minimum Gasteiger partial charge on any atom is -0.464 e. The molecule has 2 aromatic rings. The minimum atomic E-state index is -0.212. The fourth-order valence-corrected chi connectivity index (χ4v) is 1.47. The number of rotatable bonds is 1. The normalized spacial score (nSPS) is 11.4. The fourth-order valence-electron chi connectivity index (χ4n) is 1.47. The molecule has 0 aliphatic carbocycles. The number of halogens is 1. The highest BCUT2D eigenvalue weighted by Crippen LogP contribution is 2.27. The van der Waals surface area contributed by atoms with Crippen LogP contribution in [0.2, 0.25) is 0 Å². The number of furan rings is 1. The van der Waals surface area contributed by atoms with Crippen molar-refractivity contribution in [2.75, 3.05) is 0 Å². The van der Waals surface area contributed by atoms with E-state index in [1.54, 1.807) is 12.3 Å². The summed E-state index contributed by atoms with van der Waals surface area (Å²) < 4.78 is 18.2. The van der Waals surface area contributed by atoms with E-state index in [0.29, 0.717) is 5.92 Å². The quantitative estimate of drug-likeness (QED) is 0.649. The molecule has 1 aromatic heterocycles. The molecular formula is C11H11FO. The van der Waals surface area contributed by atoms with Crippen molar-refractivity contribution in [2.45, 2.75) is 19.8 Å². The molecule has 68 valence electrons. The van der Waals surface area contributed by atoms with Crippen LogP contribution in [0.1, 0.15) is 25.3 Å². The Labute approximate surface area is 76.2 Å². The fraction of sp³-hybridized carbons (Fsp3) is 0.273. The molecular weight excluding hydrogens is 167 g/mol. The Morgan fingerprint density at radius 2 is 2.08 bits per heavy atom. The standard InChI is InChI=1S/C11H11FO/c1-7(2)10-6-13-11-4-3-8(12)5-9(10)11/h3-7H,1-2H3. The molecule has 0 aliphatic rings. The topological polar surface area (TPSA) is 13.1 Å². The molecule has 0 N–H and O–H groups in total. The van der Waals surface area contributed by atoms with Gasteiger partial charge in [0, 0.05) is 10.9 Å². The summed E-state index contributed by atoms with van der Waals surface area (Å²) in [5, 5.41) is 0.884. The van der Waals surface area contributed by atoms with Crippen LogP contribution in [0.5, 0.6) is 0 Å². The molecule has 0 saturated heterocycles. The maximum Gasteiger partial charge on any atom is 0.134 e. The van der Waals surface area contributed by atoms with E-state index in [0.717, 1.165) is 16.5 Å². The second-order valence-corrected chi connectivity index (χ2v) is 3.49. The second kappa shape index (κ2) is 2.87. The van der Waals surface area contributed by atoms with Gasteiger partial charge < -0.3 is 4.42 Å². The maximum absolute atomic E-state index is 12.9. The molecule has 0 radical (unpaired) electrons. The molecule has 2 rings (SSSR count). The average molecular weight is 178 g/mol. The first-order valence-electron chi connectivity index (χ1n) is 4.35. The third kappa shape index (κ3) is 1.32. The molecule has 1 aromatic carbocycles. The highest BCUT2D eigenvalue weighted by Gasteiger charge is 2.09. The van der Waals surface area contributed by atoms with Crippen molar-refractivity contribution in [2.24, 2.45) is 0 Å². The van der Waals surface area contributed by atoms with Crippen LogP contribution in [-0.2, 0) is 0 Å². The van der Waals surface area contributed by atoms with Crippen LogP contribution in [0, 0.1) is 5.82 Å². The Bertz CT molecular complexity index is 429. The molecule has 0 saturated carbocycles. The molecule has 1 nitrogen and oxygen atoms in total. The molecule has 13 heavy (non-hydrogen) atoms. The van der Waals surface area contributed by atoms with Crippen molar-refractivity contribution in [3.63, 3.8) is 0 Å². The Hall–Kier alpha value is -1.31. The van der Waals surface area contributed by atoms with Crippen LogP contribution in [0.3, 0.4) is 0 Å². The van der Waals surface area contributed by atoms with E-state index >= 15 is 0 Å². The summed E-state index contributed by atoms with van der Waals surface area (Å²) in [6.07, 6.45) is 1.70. The smallest absolute Gasteiger partial charge is 0.134 e. The lowest BCUT2D eigenvalue weighted by Gasteiger charge is -1.99. The van der Waals surface area contributed by atoms with Crippen LogP contribution in [0.4, 0.5) is 4.39 Å². The van der Waals surface area contributed by atoms with E-state index in [9.17, 15) is 4.39 Å². The summed E-state index contributed by atoms with van der Waals surface area (Å²) in [7, 11) is 0. The molecule has 0 bridgehead atoms. The van der Waals surface area contributed by atoms with Crippen molar-refractivity contribution >= 4 is 11.0 Å². The highest BCUT2D eigenvalue weighted by atomic mass is 19.1. The predicted octanol–water partition coefficient (Wildman–Crippen LogP) is 3.70. The van der Waals surface area contributed by atoms with Crippen molar-refractivity contribution < 1.29 is 8.81 Å². The number of benzene rings is 1. The number of hydrogen-bond donors (Lipinski definition) is 0. The molecule has 0 spiro atoms. The zero-order chi connectivity index (χ0) is 9.42. The lowest BCUT2D eigenvalue weighted by molar-refractivity contribution is 0.603. The summed E-state index contributed by atoms with van der Waals surface area (Å²) in [5.41, 5.74) is 1.82.